The van der Waals surface area contributed by atoms with E-state index in [1.54, 1.807) is 18.5 Å². The van der Waals surface area contributed by atoms with E-state index in [9.17, 15) is 9.59 Å². The molecule has 126 valence electrons. The molecule has 1 heterocycles. The number of hydrogen-bond donors (Lipinski definition) is 2. The highest BCUT2D eigenvalue weighted by Crippen LogP contribution is 2.17. The molecule has 1 fully saturated rings. The zero-order valence-electron chi connectivity index (χ0n) is 13.8. The van der Waals surface area contributed by atoms with Crippen LogP contribution in [0.1, 0.15) is 41.6 Å². The van der Waals surface area contributed by atoms with E-state index in [0.717, 1.165) is 18.4 Å². The summed E-state index contributed by atoms with van der Waals surface area (Å²) in [4.78, 5) is 24.2. The lowest BCUT2D eigenvalue weighted by Crippen LogP contribution is -2.35. The molecule has 6 heteroatoms. The first-order chi connectivity index (χ1) is 11.6. The van der Waals surface area contributed by atoms with Gasteiger partial charge in [-0.3, -0.25) is 14.3 Å². The van der Waals surface area contributed by atoms with Crippen molar-refractivity contribution in [1.29, 1.82) is 0 Å². The van der Waals surface area contributed by atoms with Gasteiger partial charge in [-0.15, -0.1) is 0 Å². The maximum Gasteiger partial charge on any atom is 0.255 e. The van der Waals surface area contributed by atoms with E-state index in [1.807, 2.05) is 25.1 Å². The molecule has 24 heavy (non-hydrogen) atoms. The molecule has 1 aliphatic carbocycles. The van der Waals surface area contributed by atoms with Crippen molar-refractivity contribution >= 4 is 17.5 Å². The molecule has 0 aliphatic heterocycles. The summed E-state index contributed by atoms with van der Waals surface area (Å²) in [5.74, 6) is -0.227. The fourth-order valence-electron chi connectivity index (χ4n) is 2.99. The van der Waals surface area contributed by atoms with E-state index in [4.69, 9.17) is 0 Å². The molecule has 1 aromatic carbocycles. The summed E-state index contributed by atoms with van der Waals surface area (Å²) < 4.78 is 1.54. The first kappa shape index (κ1) is 16.2. The topological polar surface area (TPSA) is 76.0 Å². The molecule has 2 N–H and O–H groups in total. The van der Waals surface area contributed by atoms with E-state index < -0.39 is 0 Å². The fourth-order valence-corrected chi connectivity index (χ4v) is 2.99. The van der Waals surface area contributed by atoms with Crippen molar-refractivity contribution in [3.8, 4) is 0 Å². The van der Waals surface area contributed by atoms with Gasteiger partial charge in [-0.25, -0.2) is 0 Å². The Morgan fingerprint density at radius 3 is 2.83 bits per heavy atom. The van der Waals surface area contributed by atoms with Gasteiger partial charge in [-0.1, -0.05) is 30.5 Å². The summed E-state index contributed by atoms with van der Waals surface area (Å²) in [6.45, 7) is 2.11. The van der Waals surface area contributed by atoms with Crippen molar-refractivity contribution in [2.45, 2.75) is 45.2 Å². The number of benzene rings is 1. The molecule has 2 amide bonds. The molecule has 0 spiro atoms. The lowest BCUT2D eigenvalue weighted by molar-refractivity contribution is -0.122. The molecule has 0 unspecified atom stereocenters. The zero-order valence-corrected chi connectivity index (χ0v) is 13.8. The molecule has 0 bridgehead atoms. The van der Waals surface area contributed by atoms with Gasteiger partial charge >= 0.3 is 0 Å². The highest BCUT2D eigenvalue weighted by Gasteiger charge is 2.17. The van der Waals surface area contributed by atoms with Crippen LogP contribution in [0.4, 0.5) is 5.69 Å². The van der Waals surface area contributed by atoms with Gasteiger partial charge in [0, 0.05) is 17.8 Å². The Bertz CT molecular complexity index is 732. The smallest absolute Gasteiger partial charge is 0.255 e. The minimum absolute atomic E-state index is 0.0402. The van der Waals surface area contributed by atoms with Gasteiger partial charge in [0.25, 0.3) is 5.91 Å². The van der Waals surface area contributed by atoms with Crippen LogP contribution < -0.4 is 10.6 Å². The molecular weight excluding hydrogens is 304 g/mol. The maximum atomic E-state index is 12.2. The van der Waals surface area contributed by atoms with Gasteiger partial charge in [0.2, 0.25) is 5.91 Å². The summed E-state index contributed by atoms with van der Waals surface area (Å²) >= 11 is 0. The molecule has 2 aromatic rings. The van der Waals surface area contributed by atoms with Crippen LogP contribution in [0.5, 0.6) is 0 Å². The number of rotatable bonds is 5. The average Bonchev–Trinajstić information content (AvgIpc) is 3.19. The minimum atomic E-state index is -0.186. The quantitative estimate of drug-likeness (QED) is 0.886. The van der Waals surface area contributed by atoms with Crippen LogP contribution in [-0.4, -0.2) is 27.6 Å². The van der Waals surface area contributed by atoms with Gasteiger partial charge in [0.1, 0.15) is 6.54 Å². The van der Waals surface area contributed by atoms with Crippen molar-refractivity contribution in [2.75, 3.05) is 5.32 Å². The molecule has 0 atom stereocenters. The predicted octanol–water partition coefficient (Wildman–Crippen LogP) is 2.50. The second-order valence-corrected chi connectivity index (χ2v) is 6.30. The van der Waals surface area contributed by atoms with Crippen LogP contribution in [0.3, 0.4) is 0 Å². The number of amides is 2. The lowest BCUT2D eigenvalue weighted by atomic mass is 10.1. The van der Waals surface area contributed by atoms with Gasteiger partial charge in [0.15, 0.2) is 0 Å². The minimum Gasteiger partial charge on any atom is -0.352 e. The maximum absolute atomic E-state index is 12.2. The molecule has 3 rings (SSSR count). The summed E-state index contributed by atoms with van der Waals surface area (Å²) in [5.41, 5.74) is 2.21. The number of carbonyl (C=O) groups is 2. The molecule has 6 nitrogen and oxygen atoms in total. The third-order valence-corrected chi connectivity index (χ3v) is 4.20. The zero-order chi connectivity index (χ0) is 16.9. The number of hydrogen-bond acceptors (Lipinski definition) is 3. The van der Waals surface area contributed by atoms with Crippen molar-refractivity contribution in [1.82, 2.24) is 15.1 Å². The second-order valence-electron chi connectivity index (χ2n) is 6.30. The number of aromatic nitrogens is 2. The normalized spacial score (nSPS) is 14.5. The Morgan fingerprint density at radius 1 is 1.29 bits per heavy atom. The summed E-state index contributed by atoms with van der Waals surface area (Å²) in [7, 11) is 0. The van der Waals surface area contributed by atoms with Gasteiger partial charge in [0.05, 0.1) is 11.9 Å². The summed E-state index contributed by atoms with van der Waals surface area (Å²) in [6.07, 6.45) is 7.70. The van der Waals surface area contributed by atoms with E-state index in [2.05, 4.69) is 15.7 Å². The van der Waals surface area contributed by atoms with Crippen LogP contribution >= 0.6 is 0 Å². The van der Waals surface area contributed by atoms with Crippen molar-refractivity contribution < 1.29 is 9.59 Å². The Kier molecular flexibility index (Phi) is 4.93. The number of carbonyl (C=O) groups excluding carboxylic acids is 2. The average molecular weight is 326 g/mol. The number of nitrogens with one attached hydrogen (secondary N) is 2. The first-order valence-electron chi connectivity index (χ1n) is 8.30. The van der Waals surface area contributed by atoms with Gasteiger partial charge in [-0.2, -0.15) is 5.10 Å². The monoisotopic (exact) mass is 326 g/mol. The Labute approximate surface area is 141 Å². The van der Waals surface area contributed by atoms with Crippen molar-refractivity contribution in [3.63, 3.8) is 0 Å². The van der Waals surface area contributed by atoms with Gasteiger partial charge < -0.3 is 10.6 Å². The highest BCUT2D eigenvalue weighted by molar-refractivity contribution is 6.04. The SMILES string of the molecule is Cc1cccc(C(=O)Nc2cnn(CC(=O)NC3CCCC3)c2)c1. The number of aryl methyl sites for hydroxylation is 1. The standard InChI is InChI=1S/C18H22N4O2/c1-13-5-4-6-14(9-13)18(24)21-16-10-19-22(11-16)12-17(23)20-15-7-2-3-8-15/h4-6,9-11,15H,2-3,7-8,12H2,1H3,(H,20,23)(H,21,24). The lowest BCUT2D eigenvalue weighted by Gasteiger charge is -2.11. The van der Waals surface area contributed by atoms with Crippen LogP contribution in [0.15, 0.2) is 36.7 Å². The summed E-state index contributed by atoms with van der Waals surface area (Å²) in [6, 6.07) is 7.68. The largest absolute Gasteiger partial charge is 0.352 e. The summed E-state index contributed by atoms with van der Waals surface area (Å²) in [5, 5.41) is 9.96. The third-order valence-electron chi connectivity index (χ3n) is 4.20. The van der Waals surface area contributed by atoms with Crippen molar-refractivity contribution in [3.05, 3.63) is 47.8 Å². The Balaban J connectivity index is 1.55. The predicted molar refractivity (Wildman–Crippen MR) is 91.8 cm³/mol. The van der Waals surface area contributed by atoms with Crippen LogP contribution in [0.2, 0.25) is 0 Å². The molecule has 1 saturated carbocycles. The highest BCUT2D eigenvalue weighted by atomic mass is 16.2. The van der Waals surface area contributed by atoms with E-state index in [1.165, 1.54) is 17.5 Å². The molecule has 0 saturated heterocycles. The number of anilines is 1. The van der Waals surface area contributed by atoms with E-state index in [0.29, 0.717) is 17.3 Å². The molecule has 1 aromatic heterocycles. The van der Waals surface area contributed by atoms with Gasteiger partial charge in [-0.05, 0) is 31.9 Å². The second kappa shape index (κ2) is 7.29. The Hall–Kier alpha value is -2.63. The van der Waals surface area contributed by atoms with Crippen LogP contribution in [-0.2, 0) is 11.3 Å². The number of nitrogens with zero attached hydrogens (tertiary/aromatic N) is 2. The van der Waals surface area contributed by atoms with Crippen LogP contribution in [0.25, 0.3) is 0 Å². The van der Waals surface area contributed by atoms with Crippen molar-refractivity contribution in [2.24, 2.45) is 0 Å². The molecule has 0 radical (unpaired) electrons. The molecule has 1 aliphatic rings. The van der Waals surface area contributed by atoms with Crippen LogP contribution in [0, 0.1) is 6.92 Å². The molecular formula is C18H22N4O2. The fraction of sp³-hybridized carbons (Fsp3) is 0.389. The van der Waals surface area contributed by atoms with E-state index in [-0.39, 0.29) is 18.4 Å². The third kappa shape index (κ3) is 4.22. The first-order valence-corrected chi connectivity index (χ1v) is 8.30. The Morgan fingerprint density at radius 2 is 2.08 bits per heavy atom. The van der Waals surface area contributed by atoms with E-state index >= 15 is 0 Å².